The van der Waals surface area contributed by atoms with Crippen molar-refractivity contribution in [3.8, 4) is 0 Å². The monoisotopic (exact) mass is 564 g/mol. The highest BCUT2D eigenvalue weighted by atomic mass is 16.3. The van der Waals surface area contributed by atoms with E-state index in [4.69, 9.17) is 0 Å². The van der Waals surface area contributed by atoms with Crippen molar-refractivity contribution >= 4 is 5.91 Å². The molecule has 0 aliphatic heterocycles. The lowest BCUT2D eigenvalue weighted by atomic mass is 10.0. The maximum atomic E-state index is 12.3. The Morgan fingerprint density at radius 3 is 1.50 bits per heavy atom. The van der Waals surface area contributed by atoms with Gasteiger partial charge in [0.2, 0.25) is 5.91 Å². The lowest BCUT2D eigenvalue weighted by Crippen LogP contribution is -2.45. The zero-order chi connectivity index (χ0) is 29.4. The van der Waals surface area contributed by atoms with Gasteiger partial charge in [0.1, 0.15) is 0 Å². The number of carbonyl (C=O) groups excluding carboxylic acids is 1. The van der Waals surface area contributed by atoms with Gasteiger partial charge in [0.25, 0.3) is 0 Å². The standard InChI is InChI=1S/C36H69NO3/c1-3-5-7-9-11-13-14-15-16-17-18-19-20-21-22-24-26-28-30-32-36(40)37-34(33-38)35(39)31-29-27-25-23-12-10-8-6-4-2/h11,13-15,34-35,38-39H,3-10,12,16-33H2,1-2H3,(H,37,40)/b13-11-,15-14-. The van der Waals surface area contributed by atoms with Gasteiger partial charge >= 0.3 is 0 Å². The van der Waals surface area contributed by atoms with Gasteiger partial charge in [-0.2, -0.15) is 0 Å². The molecule has 2 unspecified atom stereocenters. The van der Waals surface area contributed by atoms with Gasteiger partial charge in [-0.25, -0.2) is 0 Å². The van der Waals surface area contributed by atoms with Crippen LogP contribution >= 0.6 is 0 Å². The van der Waals surface area contributed by atoms with Crippen molar-refractivity contribution < 1.29 is 15.0 Å². The molecule has 0 spiro atoms. The predicted molar refractivity (Wildman–Crippen MR) is 175 cm³/mol. The summed E-state index contributed by atoms with van der Waals surface area (Å²) in [5.74, 6) is -0.0389. The molecule has 0 aliphatic carbocycles. The smallest absolute Gasteiger partial charge is 0.220 e. The van der Waals surface area contributed by atoms with Crippen LogP contribution in [0.15, 0.2) is 24.3 Å². The van der Waals surface area contributed by atoms with E-state index in [0.29, 0.717) is 12.8 Å². The van der Waals surface area contributed by atoms with Gasteiger partial charge in [-0.05, 0) is 38.5 Å². The number of hydrogen-bond donors (Lipinski definition) is 3. The zero-order valence-corrected chi connectivity index (χ0v) is 26.9. The van der Waals surface area contributed by atoms with Gasteiger partial charge < -0.3 is 15.5 Å². The minimum atomic E-state index is -0.655. The molecule has 0 saturated carbocycles. The van der Waals surface area contributed by atoms with Gasteiger partial charge in [0, 0.05) is 6.42 Å². The summed E-state index contributed by atoms with van der Waals surface area (Å²) in [6, 6.07) is -0.533. The van der Waals surface area contributed by atoms with Crippen molar-refractivity contribution in [3.05, 3.63) is 24.3 Å². The molecule has 4 heteroatoms. The summed E-state index contributed by atoms with van der Waals surface area (Å²) in [4.78, 5) is 12.3. The molecule has 0 aromatic rings. The van der Waals surface area contributed by atoms with E-state index in [0.717, 1.165) is 25.7 Å². The molecule has 2 atom stereocenters. The van der Waals surface area contributed by atoms with Gasteiger partial charge in [-0.3, -0.25) is 4.79 Å². The number of rotatable bonds is 31. The van der Waals surface area contributed by atoms with Crippen LogP contribution in [0.5, 0.6) is 0 Å². The second-order valence-electron chi connectivity index (χ2n) is 12.0. The van der Waals surface area contributed by atoms with Crippen LogP contribution in [0.25, 0.3) is 0 Å². The first-order valence-electron chi connectivity index (χ1n) is 17.6. The number of amides is 1. The average molecular weight is 564 g/mol. The van der Waals surface area contributed by atoms with Crippen molar-refractivity contribution in [1.29, 1.82) is 0 Å². The highest BCUT2D eigenvalue weighted by Gasteiger charge is 2.19. The number of nitrogens with one attached hydrogen (secondary N) is 1. The van der Waals surface area contributed by atoms with Crippen LogP contribution in [-0.2, 0) is 4.79 Å². The Morgan fingerprint density at radius 2 is 1.00 bits per heavy atom. The van der Waals surface area contributed by atoms with Crippen LogP contribution in [0.2, 0.25) is 0 Å². The molecule has 0 aromatic heterocycles. The predicted octanol–water partition coefficient (Wildman–Crippen LogP) is 10.1. The number of aliphatic hydroxyl groups excluding tert-OH is 2. The summed E-state index contributed by atoms with van der Waals surface area (Å²) in [5, 5.41) is 22.9. The van der Waals surface area contributed by atoms with E-state index >= 15 is 0 Å². The van der Waals surface area contributed by atoms with E-state index in [-0.39, 0.29) is 12.5 Å². The fraction of sp³-hybridized carbons (Fsp3) is 0.861. The maximum Gasteiger partial charge on any atom is 0.220 e. The maximum absolute atomic E-state index is 12.3. The average Bonchev–Trinajstić information content (AvgIpc) is 2.96. The second kappa shape index (κ2) is 32.4. The molecule has 0 fully saturated rings. The second-order valence-corrected chi connectivity index (χ2v) is 12.0. The number of aliphatic hydroxyl groups is 2. The third-order valence-corrected chi connectivity index (χ3v) is 7.99. The van der Waals surface area contributed by atoms with Crippen LogP contribution in [0.1, 0.15) is 181 Å². The fourth-order valence-corrected chi connectivity index (χ4v) is 5.23. The largest absolute Gasteiger partial charge is 0.394 e. The first-order valence-corrected chi connectivity index (χ1v) is 17.6. The molecule has 3 N–H and O–H groups in total. The topological polar surface area (TPSA) is 69.6 Å². The third kappa shape index (κ3) is 28.4. The van der Waals surface area contributed by atoms with Crippen LogP contribution in [0, 0.1) is 0 Å². The molecule has 0 radical (unpaired) electrons. The Kier molecular flexibility index (Phi) is 31.5. The Hall–Kier alpha value is -1.13. The van der Waals surface area contributed by atoms with Crippen molar-refractivity contribution in [2.45, 2.75) is 193 Å². The molecule has 0 heterocycles. The summed E-state index contributed by atoms with van der Waals surface area (Å²) in [7, 11) is 0. The van der Waals surface area contributed by atoms with Crippen LogP contribution in [0.4, 0.5) is 0 Å². The van der Waals surface area contributed by atoms with E-state index < -0.39 is 12.1 Å². The molecular weight excluding hydrogens is 494 g/mol. The molecule has 0 saturated heterocycles. The van der Waals surface area contributed by atoms with Crippen LogP contribution in [0.3, 0.4) is 0 Å². The third-order valence-electron chi connectivity index (χ3n) is 7.99. The molecule has 0 bridgehead atoms. The summed E-state index contributed by atoms with van der Waals surface area (Å²) in [6.45, 7) is 4.30. The SMILES string of the molecule is CCCCC/C=C\C=C/CCCCCCCCCCCCC(=O)NC(CO)C(O)CCCCCCCCCCC. The number of hydrogen-bond acceptors (Lipinski definition) is 3. The van der Waals surface area contributed by atoms with E-state index in [9.17, 15) is 15.0 Å². The normalized spacial score (nSPS) is 13.4. The quantitative estimate of drug-likeness (QED) is 0.0580. The lowest BCUT2D eigenvalue weighted by molar-refractivity contribution is -0.123. The fourth-order valence-electron chi connectivity index (χ4n) is 5.23. The minimum Gasteiger partial charge on any atom is -0.394 e. The van der Waals surface area contributed by atoms with E-state index in [1.54, 1.807) is 0 Å². The molecule has 1 amide bonds. The molecular formula is C36H69NO3. The number of allylic oxidation sites excluding steroid dienone is 4. The van der Waals surface area contributed by atoms with Crippen LogP contribution < -0.4 is 5.32 Å². The highest BCUT2D eigenvalue weighted by molar-refractivity contribution is 5.76. The lowest BCUT2D eigenvalue weighted by Gasteiger charge is -2.22. The first-order chi connectivity index (χ1) is 19.7. The van der Waals surface area contributed by atoms with Gasteiger partial charge in [0.05, 0.1) is 18.8 Å². The van der Waals surface area contributed by atoms with Crippen LogP contribution in [-0.4, -0.2) is 34.9 Å². The molecule has 4 nitrogen and oxygen atoms in total. The minimum absolute atomic E-state index is 0.0389. The summed E-state index contributed by atoms with van der Waals surface area (Å²) in [6.07, 6.45) is 39.4. The summed E-state index contributed by atoms with van der Waals surface area (Å²) in [5.41, 5.74) is 0. The molecule has 236 valence electrons. The molecule has 0 aromatic carbocycles. The van der Waals surface area contributed by atoms with Crippen molar-refractivity contribution in [2.24, 2.45) is 0 Å². The van der Waals surface area contributed by atoms with Crippen molar-refractivity contribution in [2.75, 3.05) is 6.61 Å². The van der Waals surface area contributed by atoms with Gasteiger partial charge in [-0.1, -0.05) is 160 Å². The van der Waals surface area contributed by atoms with E-state index in [2.05, 4.69) is 43.5 Å². The number of carbonyl (C=O) groups is 1. The molecule has 0 aliphatic rings. The van der Waals surface area contributed by atoms with Crippen molar-refractivity contribution in [3.63, 3.8) is 0 Å². The first kappa shape index (κ1) is 38.9. The van der Waals surface area contributed by atoms with Gasteiger partial charge in [-0.15, -0.1) is 0 Å². The van der Waals surface area contributed by atoms with E-state index in [1.807, 2.05) is 0 Å². The Labute approximate surface area is 249 Å². The zero-order valence-electron chi connectivity index (χ0n) is 26.9. The van der Waals surface area contributed by atoms with Crippen molar-refractivity contribution in [1.82, 2.24) is 5.32 Å². The Morgan fingerprint density at radius 1 is 0.600 bits per heavy atom. The molecule has 40 heavy (non-hydrogen) atoms. The Balaban J connectivity index is 3.54. The number of unbranched alkanes of at least 4 members (excludes halogenated alkanes) is 21. The van der Waals surface area contributed by atoms with E-state index in [1.165, 1.54) is 128 Å². The summed E-state index contributed by atoms with van der Waals surface area (Å²) >= 11 is 0. The Bertz CT molecular complexity index is 574. The summed E-state index contributed by atoms with van der Waals surface area (Å²) < 4.78 is 0. The molecule has 0 rings (SSSR count). The highest BCUT2D eigenvalue weighted by Crippen LogP contribution is 2.14. The van der Waals surface area contributed by atoms with Gasteiger partial charge in [0.15, 0.2) is 0 Å².